The lowest BCUT2D eigenvalue weighted by Gasteiger charge is -2.33. The van der Waals surface area contributed by atoms with Gasteiger partial charge in [-0.05, 0) is 90.8 Å². The fourth-order valence-corrected chi connectivity index (χ4v) is 5.25. The number of hydrogen-bond acceptors (Lipinski definition) is 6. The van der Waals surface area contributed by atoms with Gasteiger partial charge in [-0.15, -0.1) is 5.10 Å². The molecule has 0 radical (unpaired) electrons. The minimum Gasteiger partial charge on any atom is -0.446 e. The number of aryl methyl sites for hydroxylation is 3. The van der Waals surface area contributed by atoms with Crippen LogP contribution in [0.15, 0.2) is 30.3 Å². The molecule has 0 saturated carbocycles. The molecule has 0 saturated heterocycles. The molecule has 1 aliphatic rings. The lowest BCUT2D eigenvalue weighted by atomic mass is 9.93. The lowest BCUT2D eigenvalue weighted by Crippen LogP contribution is -2.36. The monoisotopic (exact) mass is 626 g/mol. The van der Waals surface area contributed by atoms with Gasteiger partial charge in [0.05, 0.1) is 29.9 Å². The normalized spacial score (nSPS) is 16.5. The summed E-state index contributed by atoms with van der Waals surface area (Å²) < 4.78 is 88.1. The molecule has 44 heavy (non-hydrogen) atoms. The van der Waals surface area contributed by atoms with Crippen LogP contribution in [0.5, 0.6) is 0 Å². The molecular weight excluding hydrogens is 590 g/mol. The number of fused-ring (bicyclic) bond motifs is 1. The summed E-state index contributed by atoms with van der Waals surface area (Å²) in [4.78, 5) is 17.7. The molecule has 0 spiro atoms. The summed E-state index contributed by atoms with van der Waals surface area (Å²) in [7, 11) is 1.51. The molecule has 2 heterocycles. The number of benzene rings is 2. The van der Waals surface area contributed by atoms with E-state index in [0.717, 1.165) is 15.9 Å². The maximum absolute atomic E-state index is 13.7. The van der Waals surface area contributed by atoms with Crippen molar-refractivity contribution in [3.8, 4) is 0 Å². The van der Waals surface area contributed by atoms with E-state index in [0.29, 0.717) is 49.2 Å². The van der Waals surface area contributed by atoms with Gasteiger partial charge in [0, 0.05) is 13.1 Å². The number of aromatic nitrogens is 4. The van der Waals surface area contributed by atoms with Gasteiger partial charge in [0.25, 0.3) is 5.95 Å². The van der Waals surface area contributed by atoms with Crippen LogP contribution in [0.4, 0.5) is 42.8 Å². The van der Waals surface area contributed by atoms with E-state index >= 15 is 0 Å². The van der Waals surface area contributed by atoms with Gasteiger partial charge in [0.15, 0.2) is 0 Å². The molecule has 1 amide bonds. The number of rotatable bonds is 7. The zero-order valence-electron chi connectivity index (χ0n) is 25.4. The van der Waals surface area contributed by atoms with Gasteiger partial charge >= 0.3 is 18.4 Å². The molecular formula is C30H36F6N6O2. The van der Waals surface area contributed by atoms with E-state index in [9.17, 15) is 31.1 Å². The van der Waals surface area contributed by atoms with Crippen LogP contribution < -0.4 is 9.80 Å². The number of ether oxygens (including phenoxy) is 1. The van der Waals surface area contributed by atoms with Crippen molar-refractivity contribution < 1.29 is 35.9 Å². The van der Waals surface area contributed by atoms with Gasteiger partial charge in [-0.1, -0.05) is 31.9 Å². The molecule has 2 atom stereocenters. The third-order valence-electron chi connectivity index (χ3n) is 7.95. The molecule has 8 nitrogen and oxygen atoms in total. The Balaban J connectivity index is 1.87. The maximum Gasteiger partial charge on any atom is 0.416 e. The van der Waals surface area contributed by atoms with Gasteiger partial charge in [-0.3, -0.25) is 4.90 Å². The van der Waals surface area contributed by atoms with Crippen molar-refractivity contribution in [2.45, 2.75) is 84.9 Å². The number of amides is 1. The molecule has 4 rings (SSSR count). The second kappa shape index (κ2) is 12.6. The fraction of sp³-hybridized carbons (Fsp3) is 0.533. The Hall–Kier alpha value is -3.84. The fourth-order valence-electron chi connectivity index (χ4n) is 5.25. The van der Waals surface area contributed by atoms with Crippen molar-refractivity contribution in [3.63, 3.8) is 0 Å². The Bertz CT molecular complexity index is 1450. The molecule has 0 bridgehead atoms. The van der Waals surface area contributed by atoms with Crippen molar-refractivity contribution >= 4 is 17.7 Å². The van der Waals surface area contributed by atoms with Crippen molar-refractivity contribution in [1.29, 1.82) is 0 Å². The van der Waals surface area contributed by atoms with Gasteiger partial charge in [0.2, 0.25) is 0 Å². The second-order valence-corrected chi connectivity index (χ2v) is 11.5. The molecule has 0 N–H and O–H groups in total. The largest absolute Gasteiger partial charge is 0.446 e. The van der Waals surface area contributed by atoms with Crippen LogP contribution in [0.25, 0.3) is 0 Å². The third kappa shape index (κ3) is 7.27. The molecule has 1 aliphatic heterocycles. The summed E-state index contributed by atoms with van der Waals surface area (Å²) in [5.74, 6) is 0.104. The average molecular weight is 627 g/mol. The van der Waals surface area contributed by atoms with Crippen LogP contribution in [-0.2, 0) is 37.1 Å². The second-order valence-electron chi connectivity index (χ2n) is 11.5. The average Bonchev–Trinajstić information content (AvgIpc) is 3.28. The Kier molecular flexibility index (Phi) is 9.50. The van der Waals surface area contributed by atoms with E-state index in [4.69, 9.17) is 4.74 Å². The summed E-state index contributed by atoms with van der Waals surface area (Å²) in [6.07, 6.45) is -9.38. The molecule has 1 unspecified atom stereocenters. The molecule has 1 aromatic heterocycles. The predicted octanol–water partition coefficient (Wildman–Crippen LogP) is 7.65. The number of halogens is 6. The van der Waals surface area contributed by atoms with E-state index < -0.39 is 35.6 Å². The van der Waals surface area contributed by atoms with Crippen LogP contribution >= 0.6 is 0 Å². The number of carbonyl (C=O) groups excluding carboxylic acids is 1. The van der Waals surface area contributed by atoms with Crippen LogP contribution in [0.1, 0.15) is 80.0 Å². The smallest absolute Gasteiger partial charge is 0.416 e. The Morgan fingerprint density at radius 3 is 2.20 bits per heavy atom. The van der Waals surface area contributed by atoms with Crippen LogP contribution in [0, 0.1) is 12.8 Å². The lowest BCUT2D eigenvalue weighted by molar-refractivity contribution is -0.143. The Morgan fingerprint density at radius 2 is 1.68 bits per heavy atom. The highest BCUT2D eigenvalue weighted by Crippen LogP contribution is 2.42. The summed E-state index contributed by atoms with van der Waals surface area (Å²) in [5.41, 5.74) is 0.0749. The Morgan fingerprint density at radius 1 is 1.05 bits per heavy atom. The molecule has 2 aromatic carbocycles. The minimum absolute atomic E-state index is 0.0255. The quantitative estimate of drug-likeness (QED) is 0.251. The first-order valence-corrected chi connectivity index (χ1v) is 14.4. The molecule has 0 fully saturated rings. The van der Waals surface area contributed by atoms with Crippen molar-refractivity contribution in [1.82, 2.24) is 20.2 Å². The molecule has 3 aromatic rings. The zero-order valence-corrected chi connectivity index (χ0v) is 25.4. The SMILES string of the molecule is CCc1cc2c(cc1C)N(C(=O)OC(C)C(C)C)CCC[C@@H]2N(Cc1cc(C(F)(F)F)cc(C(F)(F)F)c1)c1nnn(C)n1. The molecule has 0 aliphatic carbocycles. The van der Waals surface area contributed by atoms with Crippen molar-refractivity contribution in [3.05, 3.63) is 63.7 Å². The van der Waals surface area contributed by atoms with Crippen molar-refractivity contribution in [2.24, 2.45) is 13.0 Å². The summed E-state index contributed by atoms with van der Waals surface area (Å²) >= 11 is 0. The van der Waals surface area contributed by atoms with E-state index in [-0.39, 0.29) is 36.1 Å². The molecule has 240 valence electrons. The van der Waals surface area contributed by atoms with Crippen LogP contribution in [0.2, 0.25) is 0 Å². The predicted molar refractivity (Wildman–Crippen MR) is 152 cm³/mol. The third-order valence-corrected chi connectivity index (χ3v) is 7.95. The highest BCUT2D eigenvalue weighted by atomic mass is 19.4. The van der Waals surface area contributed by atoms with E-state index in [1.807, 2.05) is 39.8 Å². The van der Waals surface area contributed by atoms with Gasteiger partial charge in [0.1, 0.15) is 6.10 Å². The highest BCUT2D eigenvalue weighted by Gasteiger charge is 2.38. The van der Waals surface area contributed by atoms with Gasteiger partial charge < -0.3 is 9.64 Å². The first-order valence-electron chi connectivity index (χ1n) is 14.4. The highest BCUT2D eigenvalue weighted by molar-refractivity contribution is 5.89. The Labute approximate surface area is 252 Å². The summed E-state index contributed by atoms with van der Waals surface area (Å²) in [6.45, 7) is 9.48. The van der Waals surface area contributed by atoms with Gasteiger partial charge in [-0.25, -0.2) is 4.79 Å². The van der Waals surface area contributed by atoms with Crippen LogP contribution in [0.3, 0.4) is 0 Å². The minimum atomic E-state index is -5.00. The number of tetrazole rings is 1. The van der Waals surface area contributed by atoms with E-state index in [2.05, 4.69) is 15.4 Å². The number of hydrogen-bond donors (Lipinski definition) is 0. The topological polar surface area (TPSA) is 76.4 Å². The van der Waals surface area contributed by atoms with Crippen molar-refractivity contribution in [2.75, 3.05) is 16.3 Å². The van der Waals surface area contributed by atoms with E-state index in [1.54, 1.807) is 16.7 Å². The number of carbonyl (C=O) groups is 1. The molecule has 14 heteroatoms. The summed E-state index contributed by atoms with van der Waals surface area (Å²) in [6, 6.07) is 4.71. The number of nitrogens with zero attached hydrogens (tertiary/aromatic N) is 6. The van der Waals surface area contributed by atoms with E-state index in [1.165, 1.54) is 7.05 Å². The summed E-state index contributed by atoms with van der Waals surface area (Å²) in [5, 5.41) is 12.2. The number of alkyl halides is 6. The van der Waals surface area contributed by atoms with Gasteiger partial charge in [-0.2, -0.15) is 31.1 Å². The maximum atomic E-state index is 13.7. The van der Waals surface area contributed by atoms with Crippen LogP contribution in [-0.4, -0.2) is 38.9 Å². The standard InChI is InChI=1S/C30H36F6N6O2/c1-7-21-14-24-25(9-8-10-41(26(24)11-18(21)4)28(43)44-19(5)17(2)3)42(27-37-39-40(6)38-27)16-20-12-22(29(31,32)33)15-23(13-20)30(34,35)36/h11-15,17,19,25H,7-10,16H2,1-6H3/t19?,25-/m0/s1. The number of anilines is 2. The first-order chi connectivity index (χ1) is 20.5. The zero-order chi connectivity index (χ0) is 32.6. The first kappa shape index (κ1) is 33.1.